The summed E-state index contributed by atoms with van der Waals surface area (Å²) in [5.41, 5.74) is 1.40. The number of rotatable bonds is 8. The van der Waals surface area contributed by atoms with Crippen molar-refractivity contribution in [2.75, 3.05) is 52.4 Å². The number of methoxy groups -OCH3 is 3. The number of hydrogen-bond donors (Lipinski definition) is 0. The molecule has 1 saturated heterocycles. The lowest BCUT2D eigenvalue weighted by molar-refractivity contribution is -0.384. The molecule has 1 fully saturated rings. The topological polar surface area (TPSA) is 124 Å². The summed E-state index contributed by atoms with van der Waals surface area (Å²) in [7, 11) is 0.908. The van der Waals surface area contributed by atoms with Crippen LogP contribution in [-0.4, -0.2) is 70.1 Å². The average molecular weight is 521 g/mol. The number of anilines is 1. The molecule has 1 aliphatic heterocycles. The molecule has 0 bridgehead atoms. The monoisotopic (exact) mass is 520 g/mol. The molecule has 0 spiro atoms. The zero-order valence-corrected chi connectivity index (χ0v) is 21.0. The molecule has 0 radical (unpaired) electrons. The van der Waals surface area contributed by atoms with Crippen molar-refractivity contribution in [3.63, 3.8) is 0 Å². The van der Waals surface area contributed by atoms with Crippen molar-refractivity contribution in [1.29, 1.82) is 0 Å². The Labute approximate surface area is 206 Å². The number of ether oxygens (including phenoxy) is 3. The highest BCUT2D eigenvalue weighted by Crippen LogP contribution is 2.42. The van der Waals surface area contributed by atoms with Gasteiger partial charge in [0.2, 0.25) is 15.8 Å². The second-order valence-corrected chi connectivity index (χ2v) is 10.3. The van der Waals surface area contributed by atoms with Crippen LogP contribution >= 0.6 is 11.3 Å². The maximum absolute atomic E-state index is 13.0. The molecule has 35 heavy (non-hydrogen) atoms. The number of nitrogens with zero attached hydrogens (tertiary/aromatic N) is 4. The molecule has 186 valence electrons. The van der Waals surface area contributed by atoms with Crippen LogP contribution in [0.3, 0.4) is 0 Å². The number of aromatic nitrogens is 1. The fraction of sp³-hybridized carbons (Fsp3) is 0.318. The summed E-state index contributed by atoms with van der Waals surface area (Å²) in [5.74, 6) is 1.56. The van der Waals surface area contributed by atoms with E-state index in [4.69, 9.17) is 19.2 Å². The Kier molecular flexibility index (Phi) is 7.10. The number of hydrogen-bond acceptors (Lipinski definition) is 10. The largest absolute Gasteiger partial charge is 0.493 e. The molecule has 13 heteroatoms. The van der Waals surface area contributed by atoms with E-state index in [1.54, 1.807) is 21.3 Å². The molecule has 4 rings (SSSR count). The van der Waals surface area contributed by atoms with Crippen molar-refractivity contribution in [2.45, 2.75) is 4.90 Å². The third-order valence-corrected chi connectivity index (χ3v) is 8.46. The first kappa shape index (κ1) is 24.7. The first-order valence-electron chi connectivity index (χ1n) is 10.5. The molecule has 0 unspecified atom stereocenters. The van der Waals surface area contributed by atoms with E-state index in [1.165, 1.54) is 39.9 Å². The van der Waals surface area contributed by atoms with Gasteiger partial charge in [0.25, 0.3) is 5.69 Å². The summed E-state index contributed by atoms with van der Waals surface area (Å²) >= 11 is 1.47. The summed E-state index contributed by atoms with van der Waals surface area (Å²) < 4.78 is 43.5. The first-order chi connectivity index (χ1) is 16.8. The second-order valence-electron chi connectivity index (χ2n) is 7.57. The molecule has 2 heterocycles. The Balaban J connectivity index is 1.48. The molecule has 0 atom stereocenters. The minimum atomic E-state index is -3.74. The van der Waals surface area contributed by atoms with Crippen molar-refractivity contribution in [2.24, 2.45) is 0 Å². The predicted octanol–water partition coefficient (Wildman–Crippen LogP) is 3.26. The molecule has 0 amide bonds. The minimum Gasteiger partial charge on any atom is -0.493 e. The van der Waals surface area contributed by atoms with Crippen LogP contribution in [0.4, 0.5) is 10.8 Å². The van der Waals surface area contributed by atoms with Gasteiger partial charge in [-0.05, 0) is 24.3 Å². The van der Waals surface area contributed by atoms with E-state index in [0.717, 1.165) is 16.4 Å². The third kappa shape index (κ3) is 4.88. The van der Waals surface area contributed by atoms with Gasteiger partial charge in [-0.15, -0.1) is 11.3 Å². The van der Waals surface area contributed by atoms with E-state index < -0.39 is 14.9 Å². The van der Waals surface area contributed by atoms with Crippen molar-refractivity contribution in [1.82, 2.24) is 9.29 Å². The normalized spacial score (nSPS) is 14.5. The highest BCUT2D eigenvalue weighted by atomic mass is 32.2. The molecular weight excluding hydrogens is 496 g/mol. The van der Waals surface area contributed by atoms with Crippen molar-refractivity contribution in [3.05, 3.63) is 51.9 Å². The van der Waals surface area contributed by atoms with Crippen LogP contribution < -0.4 is 19.1 Å². The molecule has 1 aromatic heterocycles. The lowest BCUT2D eigenvalue weighted by atomic mass is 10.1. The number of nitro groups is 1. The van der Waals surface area contributed by atoms with Crippen LogP contribution in [-0.2, 0) is 10.0 Å². The van der Waals surface area contributed by atoms with Gasteiger partial charge >= 0.3 is 0 Å². The van der Waals surface area contributed by atoms with Gasteiger partial charge in [0, 0.05) is 49.3 Å². The van der Waals surface area contributed by atoms with Crippen LogP contribution in [0.25, 0.3) is 11.3 Å². The fourth-order valence-corrected chi connectivity index (χ4v) is 6.09. The summed E-state index contributed by atoms with van der Waals surface area (Å²) in [6.45, 7) is 1.49. The molecule has 2 aromatic carbocycles. The van der Waals surface area contributed by atoms with Crippen molar-refractivity contribution < 1.29 is 27.6 Å². The van der Waals surface area contributed by atoms with Crippen LogP contribution in [0.2, 0.25) is 0 Å². The molecule has 0 aliphatic carbocycles. The van der Waals surface area contributed by atoms with Gasteiger partial charge in [0.1, 0.15) is 0 Å². The van der Waals surface area contributed by atoms with Gasteiger partial charge in [-0.25, -0.2) is 13.4 Å². The molecule has 0 N–H and O–H groups in total. The quantitative estimate of drug-likeness (QED) is 0.325. The second kappa shape index (κ2) is 10.1. The zero-order chi connectivity index (χ0) is 25.2. The standard InChI is InChI=1S/C22H24N4O7S2/c1-31-19-12-15(13-20(32-2)21(19)33-3)18-14-34-22(23-18)24-8-10-25(11-9-24)35(29,30)17-6-4-16(5-7-17)26(27)28/h4-7,12-14H,8-11H2,1-3H3. The van der Waals surface area contributed by atoms with E-state index in [9.17, 15) is 18.5 Å². The smallest absolute Gasteiger partial charge is 0.269 e. The maximum atomic E-state index is 13.0. The van der Waals surface area contributed by atoms with Gasteiger partial charge in [0.15, 0.2) is 16.6 Å². The van der Waals surface area contributed by atoms with Crippen molar-refractivity contribution in [3.8, 4) is 28.5 Å². The highest BCUT2D eigenvalue weighted by Gasteiger charge is 2.30. The molecule has 1 aliphatic rings. The van der Waals surface area contributed by atoms with Crippen LogP contribution in [0.1, 0.15) is 0 Å². The van der Waals surface area contributed by atoms with E-state index in [1.807, 2.05) is 22.4 Å². The van der Waals surface area contributed by atoms with Gasteiger partial charge < -0.3 is 19.1 Å². The highest BCUT2D eigenvalue weighted by molar-refractivity contribution is 7.89. The number of nitro benzene ring substituents is 1. The molecule has 0 saturated carbocycles. The average Bonchev–Trinajstić information content (AvgIpc) is 3.38. The first-order valence-corrected chi connectivity index (χ1v) is 12.9. The van der Waals surface area contributed by atoms with Gasteiger partial charge in [-0.1, -0.05) is 0 Å². The lowest BCUT2D eigenvalue weighted by Crippen LogP contribution is -2.48. The van der Waals surface area contributed by atoms with Crippen LogP contribution in [0, 0.1) is 10.1 Å². The maximum Gasteiger partial charge on any atom is 0.269 e. The molecule has 11 nitrogen and oxygen atoms in total. The van der Waals surface area contributed by atoms with E-state index in [0.29, 0.717) is 30.3 Å². The Morgan fingerprint density at radius 2 is 1.57 bits per heavy atom. The fourth-order valence-electron chi connectivity index (χ4n) is 3.78. The van der Waals surface area contributed by atoms with Crippen LogP contribution in [0.15, 0.2) is 46.7 Å². The predicted molar refractivity (Wildman–Crippen MR) is 131 cm³/mol. The number of piperazine rings is 1. The minimum absolute atomic E-state index is 0.0375. The molecule has 3 aromatic rings. The van der Waals surface area contributed by atoms with Gasteiger partial charge in [0.05, 0.1) is 36.8 Å². The Bertz CT molecular complexity index is 1290. The van der Waals surface area contributed by atoms with E-state index in [-0.39, 0.29) is 23.7 Å². The van der Waals surface area contributed by atoms with Crippen molar-refractivity contribution >= 4 is 32.2 Å². The van der Waals surface area contributed by atoms with Gasteiger partial charge in [-0.2, -0.15) is 4.31 Å². The van der Waals surface area contributed by atoms with E-state index >= 15 is 0 Å². The Morgan fingerprint density at radius 3 is 2.09 bits per heavy atom. The Hall–Kier alpha value is -3.42. The number of thiazole rings is 1. The third-order valence-electron chi connectivity index (χ3n) is 5.65. The summed E-state index contributed by atoms with van der Waals surface area (Å²) in [6, 6.07) is 8.59. The number of benzene rings is 2. The van der Waals surface area contributed by atoms with E-state index in [2.05, 4.69) is 0 Å². The zero-order valence-electron chi connectivity index (χ0n) is 19.3. The summed E-state index contributed by atoms with van der Waals surface area (Å²) in [5, 5.41) is 13.5. The Morgan fingerprint density at radius 1 is 0.971 bits per heavy atom. The summed E-state index contributed by atoms with van der Waals surface area (Å²) in [6.07, 6.45) is 0. The van der Waals surface area contributed by atoms with Gasteiger partial charge in [-0.3, -0.25) is 10.1 Å². The summed E-state index contributed by atoms with van der Waals surface area (Å²) in [4.78, 5) is 17.1. The molecular formula is C22H24N4O7S2. The van der Waals surface area contributed by atoms with Crippen LogP contribution in [0.5, 0.6) is 17.2 Å². The number of non-ortho nitro benzene ring substituents is 1. The lowest BCUT2D eigenvalue weighted by Gasteiger charge is -2.33. The SMILES string of the molecule is COc1cc(-c2csc(N3CCN(S(=O)(=O)c4ccc([N+](=O)[O-])cc4)CC3)n2)cc(OC)c1OC. The number of sulfonamides is 1.